The fraction of sp³-hybridized carbons (Fsp3) is 0.500. The van der Waals surface area contributed by atoms with Gasteiger partial charge in [-0.15, -0.1) is 0 Å². The first-order valence-corrected chi connectivity index (χ1v) is 7.95. The number of hydrogen-bond acceptors (Lipinski definition) is 3. The largest absolute Gasteiger partial charge is 0.313 e. The van der Waals surface area contributed by atoms with E-state index in [1.54, 1.807) is 6.33 Å². The van der Waals surface area contributed by atoms with Crippen LogP contribution in [-0.2, 0) is 19.4 Å². The quantitative estimate of drug-likeness (QED) is 0.815. The van der Waals surface area contributed by atoms with E-state index in [-0.39, 0.29) is 0 Å². The van der Waals surface area contributed by atoms with Crippen LogP contribution in [0.3, 0.4) is 0 Å². The highest BCUT2D eigenvalue weighted by molar-refractivity contribution is 6.31. The maximum atomic E-state index is 6.27. The number of halogens is 1. The third-order valence-corrected chi connectivity index (χ3v) is 3.85. The Morgan fingerprint density at radius 2 is 2.05 bits per heavy atom. The predicted octanol–water partition coefficient (Wildman–Crippen LogP) is 3.10. The summed E-state index contributed by atoms with van der Waals surface area (Å²) in [5.74, 6) is 1.04. The molecular weight excluding hydrogens is 284 g/mol. The molecule has 0 bridgehead atoms. The van der Waals surface area contributed by atoms with E-state index in [4.69, 9.17) is 11.6 Å². The fourth-order valence-electron chi connectivity index (χ4n) is 2.50. The Labute approximate surface area is 131 Å². The summed E-state index contributed by atoms with van der Waals surface area (Å²) in [5, 5.41) is 8.65. The molecule has 0 saturated carbocycles. The van der Waals surface area contributed by atoms with Gasteiger partial charge in [-0.25, -0.2) is 4.98 Å². The lowest BCUT2D eigenvalue weighted by Gasteiger charge is -2.18. The minimum atomic E-state index is 0.315. The summed E-state index contributed by atoms with van der Waals surface area (Å²) in [6.07, 6.45) is 4.46. The Kier molecular flexibility index (Phi) is 6.21. The molecule has 1 N–H and O–H groups in total. The molecule has 0 fully saturated rings. The molecule has 1 aromatic heterocycles. The minimum absolute atomic E-state index is 0.315. The summed E-state index contributed by atoms with van der Waals surface area (Å²) in [5.41, 5.74) is 1.17. The average molecular weight is 307 g/mol. The molecule has 0 saturated heterocycles. The van der Waals surface area contributed by atoms with E-state index in [0.29, 0.717) is 6.04 Å². The van der Waals surface area contributed by atoms with Crippen molar-refractivity contribution in [1.82, 2.24) is 20.1 Å². The number of aromatic nitrogens is 3. The molecule has 0 aliphatic heterocycles. The first-order valence-electron chi connectivity index (χ1n) is 7.58. The lowest BCUT2D eigenvalue weighted by molar-refractivity contribution is 0.482. The zero-order valence-electron chi connectivity index (χ0n) is 12.7. The average Bonchev–Trinajstić information content (AvgIpc) is 2.89. The molecular formula is C16H23ClN4. The summed E-state index contributed by atoms with van der Waals surface area (Å²) in [4.78, 5) is 4.40. The number of nitrogens with one attached hydrogen (secondary N) is 1. The van der Waals surface area contributed by atoms with Crippen molar-refractivity contribution in [1.29, 1.82) is 0 Å². The fourth-order valence-corrected chi connectivity index (χ4v) is 2.71. The summed E-state index contributed by atoms with van der Waals surface area (Å²) in [7, 11) is 0. The van der Waals surface area contributed by atoms with Gasteiger partial charge in [0.25, 0.3) is 0 Å². The van der Waals surface area contributed by atoms with Gasteiger partial charge in [-0.1, -0.05) is 43.6 Å². The van der Waals surface area contributed by atoms with Crippen molar-refractivity contribution in [2.45, 2.75) is 45.7 Å². The van der Waals surface area contributed by atoms with E-state index in [0.717, 1.165) is 43.2 Å². The topological polar surface area (TPSA) is 42.7 Å². The summed E-state index contributed by atoms with van der Waals surface area (Å²) >= 11 is 6.27. The third kappa shape index (κ3) is 4.55. The van der Waals surface area contributed by atoms with E-state index in [1.807, 2.05) is 22.9 Å². The smallest absolute Gasteiger partial charge is 0.138 e. The van der Waals surface area contributed by atoms with Crippen LogP contribution in [0.5, 0.6) is 0 Å². The molecule has 1 unspecified atom stereocenters. The highest BCUT2D eigenvalue weighted by Crippen LogP contribution is 2.17. The monoisotopic (exact) mass is 306 g/mol. The van der Waals surface area contributed by atoms with E-state index < -0.39 is 0 Å². The van der Waals surface area contributed by atoms with Crippen molar-refractivity contribution < 1.29 is 0 Å². The van der Waals surface area contributed by atoms with Crippen LogP contribution in [0, 0.1) is 0 Å². The van der Waals surface area contributed by atoms with Gasteiger partial charge < -0.3 is 5.32 Å². The molecule has 5 heteroatoms. The SMILES string of the molecule is CCCn1ncnc1CC(Cc1ccccc1Cl)NCC. The Balaban J connectivity index is 2.08. The van der Waals surface area contributed by atoms with E-state index in [1.165, 1.54) is 5.56 Å². The number of hydrogen-bond donors (Lipinski definition) is 1. The number of benzene rings is 1. The molecule has 0 aliphatic carbocycles. The van der Waals surface area contributed by atoms with Crippen LogP contribution in [-0.4, -0.2) is 27.4 Å². The molecule has 0 spiro atoms. The maximum absolute atomic E-state index is 6.27. The van der Waals surface area contributed by atoms with Crippen LogP contribution in [0.2, 0.25) is 5.02 Å². The first kappa shape index (κ1) is 16.0. The van der Waals surface area contributed by atoms with Crippen molar-refractivity contribution in [2.24, 2.45) is 0 Å². The number of rotatable bonds is 8. The molecule has 2 rings (SSSR count). The van der Waals surface area contributed by atoms with Crippen molar-refractivity contribution in [2.75, 3.05) is 6.54 Å². The molecule has 0 amide bonds. The summed E-state index contributed by atoms with van der Waals surface area (Å²) < 4.78 is 2.00. The maximum Gasteiger partial charge on any atom is 0.138 e. The van der Waals surface area contributed by atoms with Crippen molar-refractivity contribution >= 4 is 11.6 Å². The van der Waals surface area contributed by atoms with E-state index >= 15 is 0 Å². The summed E-state index contributed by atoms with van der Waals surface area (Å²) in [6, 6.07) is 8.34. The Bertz CT molecular complexity index is 553. The van der Waals surface area contributed by atoms with Gasteiger partial charge in [0.05, 0.1) is 0 Å². The zero-order chi connectivity index (χ0) is 15.1. The second kappa shape index (κ2) is 8.15. The third-order valence-electron chi connectivity index (χ3n) is 3.48. The molecule has 1 heterocycles. The predicted molar refractivity (Wildman–Crippen MR) is 86.6 cm³/mol. The van der Waals surface area contributed by atoms with Gasteiger partial charge in [-0.2, -0.15) is 5.10 Å². The summed E-state index contributed by atoms with van der Waals surface area (Å²) in [6.45, 7) is 6.12. The van der Waals surface area contributed by atoms with Gasteiger partial charge in [0.15, 0.2) is 0 Å². The second-order valence-corrected chi connectivity index (χ2v) is 5.56. The molecule has 114 valence electrons. The standard InChI is InChI=1S/C16H23ClN4/c1-3-9-21-16(19-12-20-21)11-14(18-4-2)10-13-7-5-6-8-15(13)17/h5-8,12,14,18H,3-4,9-11H2,1-2H3. The molecule has 1 aromatic carbocycles. The van der Waals surface area contributed by atoms with Gasteiger partial charge in [0.1, 0.15) is 12.2 Å². The molecule has 1 atom stereocenters. The second-order valence-electron chi connectivity index (χ2n) is 5.15. The van der Waals surface area contributed by atoms with Gasteiger partial charge in [-0.05, 0) is 31.0 Å². The van der Waals surface area contributed by atoms with E-state index in [2.05, 4.69) is 35.3 Å². The van der Waals surface area contributed by atoms with E-state index in [9.17, 15) is 0 Å². The van der Waals surface area contributed by atoms with Gasteiger partial charge in [-0.3, -0.25) is 4.68 Å². The molecule has 0 radical (unpaired) electrons. The van der Waals surface area contributed by atoms with Gasteiger partial charge in [0, 0.05) is 24.0 Å². The van der Waals surface area contributed by atoms with Crippen LogP contribution in [0.15, 0.2) is 30.6 Å². The minimum Gasteiger partial charge on any atom is -0.313 e. The number of nitrogens with zero attached hydrogens (tertiary/aromatic N) is 3. The van der Waals surface area contributed by atoms with Crippen molar-refractivity contribution in [3.05, 3.63) is 47.0 Å². The molecule has 0 aliphatic rings. The Hall–Kier alpha value is -1.39. The highest BCUT2D eigenvalue weighted by Gasteiger charge is 2.15. The number of aryl methyl sites for hydroxylation is 1. The Morgan fingerprint density at radius 3 is 2.76 bits per heavy atom. The first-order chi connectivity index (χ1) is 10.2. The highest BCUT2D eigenvalue weighted by atomic mass is 35.5. The van der Waals surface area contributed by atoms with Crippen LogP contribution < -0.4 is 5.32 Å². The van der Waals surface area contributed by atoms with Gasteiger partial charge in [0.2, 0.25) is 0 Å². The zero-order valence-corrected chi connectivity index (χ0v) is 13.5. The van der Waals surface area contributed by atoms with Crippen LogP contribution in [0.25, 0.3) is 0 Å². The lowest BCUT2D eigenvalue weighted by Crippen LogP contribution is -2.34. The molecule has 21 heavy (non-hydrogen) atoms. The van der Waals surface area contributed by atoms with Crippen LogP contribution in [0.4, 0.5) is 0 Å². The van der Waals surface area contributed by atoms with Crippen LogP contribution in [0.1, 0.15) is 31.7 Å². The van der Waals surface area contributed by atoms with Crippen molar-refractivity contribution in [3.63, 3.8) is 0 Å². The number of likely N-dealkylation sites (N-methyl/N-ethyl adjacent to an activating group) is 1. The lowest BCUT2D eigenvalue weighted by atomic mass is 10.0. The Morgan fingerprint density at radius 1 is 1.24 bits per heavy atom. The normalized spacial score (nSPS) is 12.5. The van der Waals surface area contributed by atoms with Crippen molar-refractivity contribution in [3.8, 4) is 0 Å². The molecule has 4 nitrogen and oxygen atoms in total. The van der Waals surface area contributed by atoms with Crippen LogP contribution >= 0.6 is 11.6 Å². The van der Waals surface area contributed by atoms with Gasteiger partial charge >= 0.3 is 0 Å². The molecule has 2 aromatic rings.